The van der Waals surface area contributed by atoms with E-state index in [1.165, 1.54) is 18.2 Å². The predicted molar refractivity (Wildman–Crippen MR) is 71.1 cm³/mol. The summed E-state index contributed by atoms with van der Waals surface area (Å²) >= 11 is 0. The Balaban J connectivity index is 3.37. The lowest BCUT2D eigenvalue weighted by Crippen LogP contribution is -2.36. The van der Waals surface area contributed by atoms with Gasteiger partial charge in [-0.25, -0.2) is 8.42 Å². The van der Waals surface area contributed by atoms with Crippen LogP contribution in [0.2, 0.25) is 0 Å². The van der Waals surface area contributed by atoms with Crippen LogP contribution in [0.4, 0.5) is 0 Å². The summed E-state index contributed by atoms with van der Waals surface area (Å²) in [6, 6.07) is 6.01. The molecule has 0 aromatic heterocycles. The predicted octanol–water partition coefficient (Wildman–Crippen LogP) is 0.575. The zero-order valence-corrected chi connectivity index (χ0v) is 11.5. The average molecular weight is 292 g/mol. The molecular formula is C13H12N2O4S. The van der Waals surface area contributed by atoms with E-state index in [1.54, 1.807) is 6.92 Å². The minimum atomic E-state index is -4.06. The van der Waals surface area contributed by atoms with Crippen LogP contribution >= 0.6 is 0 Å². The van der Waals surface area contributed by atoms with Gasteiger partial charge in [0.1, 0.15) is 6.54 Å². The molecule has 0 bridgehead atoms. The minimum absolute atomic E-state index is 0.118. The second kappa shape index (κ2) is 6.20. The van der Waals surface area contributed by atoms with Crippen molar-refractivity contribution in [3.8, 4) is 18.4 Å². The molecule has 7 heteroatoms. The first-order valence-electron chi connectivity index (χ1n) is 5.49. The van der Waals surface area contributed by atoms with Crippen molar-refractivity contribution < 1.29 is 18.3 Å². The second-order valence-corrected chi connectivity index (χ2v) is 5.87. The molecule has 0 spiro atoms. The summed E-state index contributed by atoms with van der Waals surface area (Å²) in [5.41, 5.74) is 0.585. The fraction of sp³-hybridized carbons (Fsp3) is 0.231. The van der Waals surface area contributed by atoms with Gasteiger partial charge in [-0.1, -0.05) is 12.0 Å². The molecule has 6 nitrogen and oxygen atoms in total. The smallest absolute Gasteiger partial charge is 0.318 e. The van der Waals surface area contributed by atoms with Crippen LogP contribution in [0.15, 0.2) is 23.1 Å². The summed E-state index contributed by atoms with van der Waals surface area (Å²) in [6.45, 7) is 0.469. The number of rotatable bonds is 5. The van der Waals surface area contributed by atoms with Gasteiger partial charge in [-0.2, -0.15) is 9.57 Å². The summed E-state index contributed by atoms with van der Waals surface area (Å²) in [5, 5.41) is 17.6. The molecule has 1 aromatic carbocycles. The lowest BCUT2D eigenvalue weighted by molar-refractivity contribution is -0.137. The number of aliphatic carboxylic acids is 1. The van der Waals surface area contributed by atoms with Crippen LogP contribution in [0.1, 0.15) is 11.1 Å². The van der Waals surface area contributed by atoms with E-state index in [-0.39, 0.29) is 17.0 Å². The summed E-state index contributed by atoms with van der Waals surface area (Å²) in [5.74, 6) is 0.808. The zero-order valence-electron chi connectivity index (χ0n) is 10.7. The highest BCUT2D eigenvalue weighted by atomic mass is 32.2. The number of hydrogen-bond acceptors (Lipinski definition) is 4. The van der Waals surface area contributed by atoms with Crippen molar-refractivity contribution >= 4 is 16.0 Å². The van der Waals surface area contributed by atoms with E-state index < -0.39 is 22.5 Å². The van der Waals surface area contributed by atoms with Crippen LogP contribution in [-0.4, -0.2) is 36.9 Å². The van der Waals surface area contributed by atoms with Crippen LogP contribution in [0.3, 0.4) is 0 Å². The van der Waals surface area contributed by atoms with E-state index in [2.05, 4.69) is 5.92 Å². The van der Waals surface area contributed by atoms with Gasteiger partial charge in [-0.05, 0) is 24.6 Å². The van der Waals surface area contributed by atoms with Gasteiger partial charge in [0.2, 0.25) is 10.0 Å². The molecule has 0 saturated carbocycles. The third-order valence-electron chi connectivity index (χ3n) is 2.51. The lowest BCUT2D eigenvalue weighted by atomic mass is 10.2. The van der Waals surface area contributed by atoms with Crippen LogP contribution in [-0.2, 0) is 14.8 Å². The molecule has 1 N–H and O–H groups in total. The molecule has 0 radical (unpaired) electrons. The van der Waals surface area contributed by atoms with Crippen LogP contribution < -0.4 is 0 Å². The zero-order chi connectivity index (χ0) is 15.3. The lowest BCUT2D eigenvalue weighted by Gasteiger charge is -2.19. The fourth-order valence-corrected chi connectivity index (χ4v) is 3.12. The maximum Gasteiger partial charge on any atom is 0.318 e. The monoisotopic (exact) mass is 292 g/mol. The number of terminal acetylenes is 1. The fourth-order valence-electron chi connectivity index (χ4n) is 1.57. The average Bonchev–Trinajstić information content (AvgIpc) is 2.38. The molecule has 0 aliphatic rings. The Bertz CT molecular complexity index is 711. The summed E-state index contributed by atoms with van der Waals surface area (Å²) in [4.78, 5) is 10.6. The first-order chi connectivity index (χ1) is 9.32. The first kappa shape index (κ1) is 15.7. The van der Waals surface area contributed by atoms with Crippen molar-refractivity contribution in [1.82, 2.24) is 4.31 Å². The van der Waals surface area contributed by atoms with Crippen LogP contribution in [0, 0.1) is 30.6 Å². The molecule has 0 heterocycles. The van der Waals surface area contributed by atoms with E-state index >= 15 is 0 Å². The SMILES string of the molecule is C#CCN(CC(=O)O)S(=O)(=O)c1cc(C#N)ccc1C. The Morgan fingerprint density at radius 1 is 1.50 bits per heavy atom. The standard InChI is InChI=1S/C13H12N2O4S/c1-3-6-15(9-13(16)17)20(18,19)12-7-11(8-14)5-4-10(12)2/h1,4-5,7H,6,9H2,2H3,(H,16,17). The molecule has 104 valence electrons. The Kier molecular flexibility index (Phi) is 4.87. The third-order valence-corrected chi connectivity index (χ3v) is 4.45. The van der Waals surface area contributed by atoms with Gasteiger partial charge in [-0.3, -0.25) is 4.79 Å². The van der Waals surface area contributed by atoms with E-state index in [0.29, 0.717) is 9.87 Å². The van der Waals surface area contributed by atoms with Crippen LogP contribution in [0.5, 0.6) is 0 Å². The van der Waals surface area contributed by atoms with Gasteiger partial charge < -0.3 is 5.11 Å². The highest BCUT2D eigenvalue weighted by Gasteiger charge is 2.27. The summed E-state index contributed by atoms with van der Waals surface area (Å²) < 4.78 is 25.5. The number of nitriles is 1. The van der Waals surface area contributed by atoms with Crippen molar-refractivity contribution in [2.45, 2.75) is 11.8 Å². The molecule has 0 amide bonds. The van der Waals surface area contributed by atoms with Crippen molar-refractivity contribution in [1.29, 1.82) is 5.26 Å². The largest absolute Gasteiger partial charge is 0.480 e. The molecule has 1 aromatic rings. The summed E-state index contributed by atoms with van der Waals surface area (Å²) in [7, 11) is -4.06. The third kappa shape index (κ3) is 3.35. The Hall–Kier alpha value is -2.35. The minimum Gasteiger partial charge on any atom is -0.480 e. The number of carbonyl (C=O) groups is 1. The Morgan fingerprint density at radius 3 is 2.65 bits per heavy atom. The molecule has 0 atom stereocenters. The number of carboxylic acid groups (broad SMARTS) is 1. The van der Waals surface area contributed by atoms with Crippen molar-refractivity contribution in [3.05, 3.63) is 29.3 Å². The molecule has 0 fully saturated rings. The molecule has 0 unspecified atom stereocenters. The van der Waals surface area contributed by atoms with Gasteiger partial charge >= 0.3 is 5.97 Å². The number of nitrogens with zero attached hydrogens (tertiary/aromatic N) is 2. The highest BCUT2D eigenvalue weighted by molar-refractivity contribution is 7.89. The van der Waals surface area contributed by atoms with Gasteiger partial charge in [0, 0.05) is 0 Å². The van der Waals surface area contributed by atoms with Crippen LogP contribution in [0.25, 0.3) is 0 Å². The molecule has 1 rings (SSSR count). The molecular weight excluding hydrogens is 280 g/mol. The number of benzene rings is 1. The van der Waals surface area contributed by atoms with E-state index in [9.17, 15) is 13.2 Å². The van der Waals surface area contributed by atoms with Crippen molar-refractivity contribution in [2.75, 3.05) is 13.1 Å². The quantitative estimate of drug-likeness (QED) is 0.800. The molecule has 0 aliphatic carbocycles. The van der Waals surface area contributed by atoms with Gasteiger partial charge in [0.05, 0.1) is 23.1 Å². The maximum absolute atomic E-state index is 12.4. The van der Waals surface area contributed by atoms with Gasteiger partial charge in [-0.15, -0.1) is 6.42 Å². The number of sulfonamides is 1. The molecule has 0 saturated heterocycles. The molecule has 0 aliphatic heterocycles. The highest BCUT2D eigenvalue weighted by Crippen LogP contribution is 2.21. The first-order valence-corrected chi connectivity index (χ1v) is 6.93. The topological polar surface area (TPSA) is 98.5 Å². The van der Waals surface area contributed by atoms with Crippen molar-refractivity contribution in [2.24, 2.45) is 0 Å². The van der Waals surface area contributed by atoms with E-state index in [1.807, 2.05) is 6.07 Å². The number of aryl methyl sites for hydroxylation is 1. The second-order valence-electron chi connectivity index (χ2n) is 3.96. The number of hydrogen-bond donors (Lipinski definition) is 1. The maximum atomic E-state index is 12.4. The normalized spacial score (nSPS) is 10.8. The Morgan fingerprint density at radius 2 is 2.15 bits per heavy atom. The Labute approximate surface area is 117 Å². The van der Waals surface area contributed by atoms with Gasteiger partial charge in [0.25, 0.3) is 0 Å². The van der Waals surface area contributed by atoms with Gasteiger partial charge in [0.15, 0.2) is 0 Å². The van der Waals surface area contributed by atoms with E-state index in [4.69, 9.17) is 16.8 Å². The van der Waals surface area contributed by atoms with Crippen molar-refractivity contribution in [3.63, 3.8) is 0 Å². The molecule has 20 heavy (non-hydrogen) atoms. The number of carboxylic acids is 1. The summed E-state index contributed by atoms with van der Waals surface area (Å²) in [6.07, 6.45) is 5.07. The van der Waals surface area contributed by atoms with E-state index in [0.717, 1.165) is 0 Å².